The van der Waals surface area contributed by atoms with Crippen molar-refractivity contribution in [3.63, 3.8) is 0 Å². The highest BCUT2D eigenvalue weighted by Gasteiger charge is 2.36. The van der Waals surface area contributed by atoms with Crippen LogP contribution in [0.4, 0.5) is 19.0 Å². The molecule has 0 amide bonds. The van der Waals surface area contributed by atoms with Crippen LogP contribution in [0, 0.1) is 0 Å². The van der Waals surface area contributed by atoms with E-state index in [1.54, 1.807) is 10.6 Å². The Morgan fingerprint density at radius 2 is 1.51 bits per heavy atom. The van der Waals surface area contributed by atoms with Gasteiger partial charge in [-0.2, -0.15) is 0 Å². The van der Waals surface area contributed by atoms with Crippen LogP contribution >= 0.6 is 0 Å². The summed E-state index contributed by atoms with van der Waals surface area (Å²) in [5.74, 6) is -0.885. The van der Waals surface area contributed by atoms with E-state index >= 15 is 0 Å². The summed E-state index contributed by atoms with van der Waals surface area (Å²) in [4.78, 5) is 22.5. The number of carboxylic acids is 1. The molecule has 0 radical (unpaired) electrons. The van der Waals surface area contributed by atoms with Gasteiger partial charge in [0, 0.05) is 23.6 Å². The molecule has 3 aromatic carbocycles. The number of anilines is 1. The van der Waals surface area contributed by atoms with E-state index in [1.165, 1.54) is 24.3 Å². The average molecular weight is 585 g/mol. The van der Waals surface area contributed by atoms with Gasteiger partial charge in [-0.15, -0.1) is 13.2 Å². The third-order valence-electron chi connectivity index (χ3n) is 7.26. The summed E-state index contributed by atoms with van der Waals surface area (Å²) in [5, 5.41) is 10.6. The Bertz CT molecular complexity index is 1700. The summed E-state index contributed by atoms with van der Waals surface area (Å²) in [6.45, 7) is 0. The Kier molecular flexibility index (Phi) is 7.35. The molecule has 1 fully saturated rings. The van der Waals surface area contributed by atoms with Gasteiger partial charge in [0.2, 0.25) is 0 Å². The molecule has 0 saturated heterocycles. The van der Waals surface area contributed by atoms with Gasteiger partial charge in [-0.3, -0.25) is 0 Å². The van der Waals surface area contributed by atoms with E-state index in [2.05, 4.69) is 9.72 Å². The summed E-state index contributed by atoms with van der Waals surface area (Å²) in [5.41, 5.74) is 10.9. The smallest absolute Gasteiger partial charge is 0.477 e. The number of benzene rings is 3. The summed E-state index contributed by atoms with van der Waals surface area (Å²) < 4.78 is 44.0. The zero-order valence-electron chi connectivity index (χ0n) is 22.9. The predicted molar refractivity (Wildman–Crippen MR) is 156 cm³/mol. The summed E-state index contributed by atoms with van der Waals surface area (Å²) in [6, 6.07) is 26.4. The highest BCUT2D eigenvalue weighted by atomic mass is 19.4. The van der Waals surface area contributed by atoms with Crippen molar-refractivity contribution in [2.24, 2.45) is 0 Å². The first-order chi connectivity index (χ1) is 20.7. The van der Waals surface area contributed by atoms with Crippen molar-refractivity contribution in [3.05, 3.63) is 119 Å². The van der Waals surface area contributed by atoms with Crippen LogP contribution in [0.3, 0.4) is 0 Å². The van der Waals surface area contributed by atoms with Crippen LogP contribution in [0.25, 0.3) is 22.6 Å². The second kappa shape index (κ2) is 11.3. The topological polar surface area (TPSA) is 103 Å². The first-order valence-corrected chi connectivity index (χ1v) is 13.7. The highest BCUT2D eigenvalue weighted by Crippen LogP contribution is 2.44. The molecule has 0 bridgehead atoms. The number of nitrogens with zero attached hydrogens (tertiary/aromatic N) is 3. The van der Waals surface area contributed by atoms with Crippen LogP contribution in [-0.4, -0.2) is 32.0 Å². The van der Waals surface area contributed by atoms with Gasteiger partial charge in [-0.05, 0) is 66.3 Å². The van der Waals surface area contributed by atoms with E-state index in [1.807, 2.05) is 60.7 Å². The number of carboxylic acid groups (broad SMARTS) is 1. The van der Waals surface area contributed by atoms with Crippen molar-refractivity contribution in [1.29, 1.82) is 0 Å². The minimum atomic E-state index is -4.83. The number of aromatic carboxylic acids is 1. The van der Waals surface area contributed by atoms with E-state index in [0.29, 0.717) is 41.3 Å². The van der Waals surface area contributed by atoms with Gasteiger partial charge in [0.05, 0.1) is 5.69 Å². The van der Waals surface area contributed by atoms with Crippen LogP contribution in [0.15, 0.2) is 91.0 Å². The lowest BCUT2D eigenvalue weighted by atomic mass is 9.93. The van der Waals surface area contributed by atoms with Crippen molar-refractivity contribution >= 4 is 11.8 Å². The first-order valence-electron chi connectivity index (χ1n) is 13.7. The lowest BCUT2D eigenvalue weighted by Gasteiger charge is -2.16. The summed E-state index contributed by atoms with van der Waals surface area (Å²) >= 11 is 0. The number of rotatable bonds is 9. The largest absolute Gasteiger partial charge is 0.573 e. The molecule has 43 heavy (non-hydrogen) atoms. The molecule has 0 aliphatic heterocycles. The molecule has 10 heteroatoms. The number of ether oxygens (including phenoxy) is 1. The molecule has 7 nitrogen and oxygen atoms in total. The van der Waals surface area contributed by atoms with E-state index in [9.17, 15) is 23.1 Å². The minimum Gasteiger partial charge on any atom is -0.477 e. The maximum absolute atomic E-state index is 13.0. The lowest BCUT2D eigenvalue weighted by molar-refractivity contribution is -0.274. The van der Waals surface area contributed by atoms with Gasteiger partial charge in [0.15, 0.2) is 5.69 Å². The molecule has 0 atom stereocenters. The quantitative estimate of drug-likeness (QED) is 0.188. The van der Waals surface area contributed by atoms with Crippen LogP contribution in [0.5, 0.6) is 5.75 Å². The minimum absolute atomic E-state index is 0.00307. The fourth-order valence-corrected chi connectivity index (χ4v) is 5.35. The zero-order chi connectivity index (χ0) is 30.1. The Balaban J connectivity index is 1.56. The molecule has 1 aliphatic carbocycles. The van der Waals surface area contributed by atoms with E-state index in [-0.39, 0.29) is 23.2 Å². The fourth-order valence-electron chi connectivity index (χ4n) is 5.35. The molecule has 6 rings (SSSR count). The number of aromatic nitrogens is 3. The van der Waals surface area contributed by atoms with Gasteiger partial charge in [-0.1, -0.05) is 60.7 Å². The number of imidazole rings is 1. The predicted octanol–water partition coefficient (Wildman–Crippen LogP) is 7.31. The Morgan fingerprint density at radius 3 is 2.07 bits per heavy atom. The Hall–Kier alpha value is -5.12. The molecule has 5 aromatic rings. The molecule has 2 heterocycles. The fraction of sp³-hybridized carbons (Fsp3) is 0.182. The highest BCUT2D eigenvalue weighted by molar-refractivity contribution is 5.96. The van der Waals surface area contributed by atoms with E-state index < -0.39 is 12.3 Å². The zero-order valence-corrected chi connectivity index (χ0v) is 22.9. The number of pyridine rings is 1. The molecule has 218 valence electrons. The molecular formula is C33H27F3N4O3. The summed E-state index contributed by atoms with van der Waals surface area (Å²) in [6.07, 6.45) is -2.47. The number of hydrogen-bond donors (Lipinski definition) is 2. The van der Waals surface area contributed by atoms with Crippen molar-refractivity contribution in [2.45, 2.75) is 38.1 Å². The standard InChI is InChI=1S/C33H27F3N4O3/c34-33(35,36)43-25-15-11-22(12-16-25)31-39-29(30(32(41)42)40(31)24-13-14-24)28-23(17-20-7-3-1-4-8-20)19-27(37)38-26(28)18-21-9-5-2-6-10-21/h1-12,15-16,19,24H,13-14,17-18H2,(H2,37,38)(H,41,42). The molecule has 0 unspecified atom stereocenters. The second-order valence-electron chi connectivity index (χ2n) is 10.5. The van der Waals surface area contributed by atoms with Gasteiger partial charge in [-0.25, -0.2) is 14.8 Å². The van der Waals surface area contributed by atoms with Crippen molar-refractivity contribution in [1.82, 2.24) is 14.5 Å². The Morgan fingerprint density at radius 1 is 0.907 bits per heavy atom. The normalized spacial score (nSPS) is 13.2. The number of hydrogen-bond acceptors (Lipinski definition) is 5. The monoisotopic (exact) mass is 584 g/mol. The van der Waals surface area contributed by atoms with Crippen molar-refractivity contribution in [2.75, 3.05) is 5.73 Å². The Labute approximate surface area is 245 Å². The number of nitrogen functional groups attached to an aromatic ring is 1. The maximum atomic E-state index is 13.0. The molecule has 2 aromatic heterocycles. The second-order valence-corrected chi connectivity index (χ2v) is 10.5. The van der Waals surface area contributed by atoms with Gasteiger partial charge in [0.1, 0.15) is 23.1 Å². The van der Waals surface area contributed by atoms with Gasteiger partial charge in [0.25, 0.3) is 0 Å². The molecule has 1 aliphatic rings. The van der Waals surface area contributed by atoms with E-state index in [0.717, 1.165) is 29.5 Å². The maximum Gasteiger partial charge on any atom is 0.573 e. The number of alkyl halides is 3. The molecular weight excluding hydrogens is 557 g/mol. The van der Waals surface area contributed by atoms with Crippen LogP contribution in [-0.2, 0) is 12.8 Å². The van der Waals surface area contributed by atoms with Crippen molar-refractivity contribution < 1.29 is 27.8 Å². The lowest BCUT2D eigenvalue weighted by Crippen LogP contribution is -2.17. The number of nitrogens with two attached hydrogens (primary N) is 1. The molecule has 1 saturated carbocycles. The first kappa shape index (κ1) is 28.0. The van der Waals surface area contributed by atoms with Crippen LogP contribution in [0.2, 0.25) is 0 Å². The third kappa shape index (κ3) is 6.23. The number of halogens is 3. The molecule has 0 spiro atoms. The van der Waals surface area contributed by atoms with Gasteiger partial charge < -0.3 is 20.1 Å². The summed E-state index contributed by atoms with van der Waals surface area (Å²) in [7, 11) is 0. The molecule has 3 N–H and O–H groups in total. The van der Waals surface area contributed by atoms with Crippen LogP contribution < -0.4 is 10.5 Å². The number of carbonyl (C=O) groups is 1. The third-order valence-corrected chi connectivity index (χ3v) is 7.26. The SMILES string of the molecule is Nc1cc(Cc2ccccc2)c(-c2nc(-c3ccc(OC(F)(F)F)cc3)n(C3CC3)c2C(=O)O)c(Cc2ccccc2)n1. The van der Waals surface area contributed by atoms with Crippen LogP contribution in [0.1, 0.15) is 51.8 Å². The van der Waals surface area contributed by atoms with Gasteiger partial charge >= 0.3 is 12.3 Å². The van der Waals surface area contributed by atoms with E-state index in [4.69, 9.17) is 10.7 Å². The average Bonchev–Trinajstić information content (AvgIpc) is 3.73. The van der Waals surface area contributed by atoms with Crippen molar-refractivity contribution in [3.8, 4) is 28.4 Å².